The van der Waals surface area contributed by atoms with Crippen molar-refractivity contribution in [3.8, 4) is 0 Å². The predicted octanol–water partition coefficient (Wildman–Crippen LogP) is 4.23. The Morgan fingerprint density at radius 3 is 2.39 bits per heavy atom. The lowest BCUT2D eigenvalue weighted by Gasteiger charge is -2.34. The van der Waals surface area contributed by atoms with E-state index in [-0.39, 0.29) is 18.7 Å². The van der Waals surface area contributed by atoms with E-state index in [4.69, 9.17) is 14.2 Å². The van der Waals surface area contributed by atoms with Crippen LogP contribution in [0.2, 0.25) is 0 Å². The molecule has 3 aromatic rings. The summed E-state index contributed by atoms with van der Waals surface area (Å²) in [7, 11) is 0. The number of amides is 1. The third kappa shape index (κ3) is 6.27. The lowest BCUT2D eigenvalue weighted by Crippen LogP contribution is -2.48. The zero-order chi connectivity index (χ0) is 23.7. The molecule has 174 valence electrons. The van der Waals surface area contributed by atoms with Crippen LogP contribution in [-0.2, 0) is 33.1 Å². The molecule has 0 saturated carbocycles. The molecule has 0 saturated heterocycles. The minimum Gasteiger partial charge on any atom is -0.444 e. The molecule has 1 heterocycles. The molecule has 0 atom stereocenters. The first-order chi connectivity index (χ1) is 16.0. The Bertz CT molecular complexity index is 1110. The molecule has 3 rings (SSSR count). The van der Waals surface area contributed by atoms with Gasteiger partial charge in [-0.3, -0.25) is 10.1 Å². The predicted molar refractivity (Wildman–Crippen MR) is 125 cm³/mol. The average Bonchev–Trinajstić information content (AvgIpc) is 2.80. The van der Waals surface area contributed by atoms with Gasteiger partial charge >= 0.3 is 6.09 Å². The van der Waals surface area contributed by atoms with Gasteiger partial charge in [-0.1, -0.05) is 60.2 Å². The lowest BCUT2D eigenvalue weighted by atomic mass is 10.1. The molecular formula is C25H29N3O5. The van der Waals surface area contributed by atoms with Crippen molar-refractivity contribution >= 4 is 11.8 Å². The van der Waals surface area contributed by atoms with Gasteiger partial charge in [-0.15, -0.1) is 0 Å². The standard InChI is InChI=1S/C25H29N3O5/c1-4-32-25(33-5-2,15-21-13-9-10-19(3)14-21)28-18-26-16-22(23(28)29)27-24(30)31-17-20-11-7-6-8-12-20/h6-14,16,18H,4-5,15,17H2,1-3H3,(H,27,30). The molecule has 0 spiro atoms. The Balaban J connectivity index is 1.87. The third-order valence-corrected chi connectivity index (χ3v) is 4.90. The SMILES string of the molecule is CCOC(Cc1cccc(C)c1)(OCC)n1cncc(NC(=O)OCc2ccccc2)c1=O. The zero-order valence-corrected chi connectivity index (χ0v) is 19.1. The van der Waals surface area contributed by atoms with Gasteiger partial charge in [0.25, 0.3) is 11.5 Å². The number of nitrogens with zero attached hydrogens (tertiary/aromatic N) is 2. The van der Waals surface area contributed by atoms with Crippen LogP contribution in [0.1, 0.15) is 30.5 Å². The highest BCUT2D eigenvalue weighted by Gasteiger charge is 2.36. The van der Waals surface area contributed by atoms with Crippen molar-refractivity contribution in [1.82, 2.24) is 9.55 Å². The first-order valence-electron chi connectivity index (χ1n) is 10.9. The molecule has 8 heteroatoms. The molecule has 0 aliphatic carbocycles. The Kier molecular flexibility index (Phi) is 8.34. The van der Waals surface area contributed by atoms with Gasteiger partial charge in [0, 0.05) is 19.6 Å². The molecule has 0 unspecified atom stereocenters. The van der Waals surface area contributed by atoms with E-state index in [1.54, 1.807) is 0 Å². The number of carbonyl (C=O) groups is 1. The van der Waals surface area contributed by atoms with Crippen molar-refractivity contribution in [3.63, 3.8) is 0 Å². The van der Waals surface area contributed by atoms with Crippen molar-refractivity contribution in [1.29, 1.82) is 0 Å². The number of nitrogens with one attached hydrogen (secondary N) is 1. The van der Waals surface area contributed by atoms with E-state index in [0.717, 1.165) is 16.7 Å². The van der Waals surface area contributed by atoms with Crippen LogP contribution in [0.5, 0.6) is 0 Å². The second kappa shape index (κ2) is 11.4. The summed E-state index contributed by atoms with van der Waals surface area (Å²) >= 11 is 0. The van der Waals surface area contributed by atoms with Gasteiger partial charge in [0.15, 0.2) is 0 Å². The minimum absolute atomic E-state index is 0.0383. The van der Waals surface area contributed by atoms with Crippen LogP contribution in [0.4, 0.5) is 10.5 Å². The first-order valence-corrected chi connectivity index (χ1v) is 10.9. The molecule has 2 aromatic carbocycles. The topological polar surface area (TPSA) is 91.7 Å². The highest BCUT2D eigenvalue weighted by molar-refractivity contribution is 5.83. The molecule has 33 heavy (non-hydrogen) atoms. The van der Waals surface area contributed by atoms with Crippen molar-refractivity contribution in [2.75, 3.05) is 18.5 Å². The molecule has 1 aromatic heterocycles. The maximum atomic E-state index is 13.3. The number of ether oxygens (including phenoxy) is 3. The van der Waals surface area contributed by atoms with Gasteiger partial charge in [0.2, 0.25) is 0 Å². The van der Waals surface area contributed by atoms with Gasteiger partial charge < -0.3 is 14.2 Å². The number of rotatable bonds is 10. The monoisotopic (exact) mass is 451 g/mol. The minimum atomic E-state index is -1.42. The van der Waals surface area contributed by atoms with Crippen LogP contribution in [0, 0.1) is 6.92 Å². The molecule has 0 fully saturated rings. The smallest absolute Gasteiger partial charge is 0.412 e. The molecule has 0 aliphatic heterocycles. The summed E-state index contributed by atoms with van der Waals surface area (Å²) in [5.74, 6) is -1.42. The van der Waals surface area contributed by atoms with Crippen LogP contribution < -0.4 is 10.9 Å². The summed E-state index contributed by atoms with van der Waals surface area (Å²) in [6, 6.07) is 17.2. The van der Waals surface area contributed by atoms with Crippen molar-refractivity contribution in [2.24, 2.45) is 0 Å². The number of carbonyl (C=O) groups excluding carboxylic acids is 1. The Morgan fingerprint density at radius 1 is 1.03 bits per heavy atom. The lowest BCUT2D eigenvalue weighted by molar-refractivity contribution is -0.292. The Morgan fingerprint density at radius 2 is 1.73 bits per heavy atom. The van der Waals surface area contributed by atoms with Gasteiger partial charge in [0.1, 0.15) is 18.6 Å². The Labute approximate surface area is 193 Å². The Hall–Kier alpha value is -3.49. The number of aryl methyl sites for hydroxylation is 1. The highest BCUT2D eigenvalue weighted by Crippen LogP contribution is 2.25. The fraction of sp³-hybridized carbons (Fsp3) is 0.320. The van der Waals surface area contributed by atoms with Crippen LogP contribution in [0.3, 0.4) is 0 Å². The number of aromatic nitrogens is 2. The maximum Gasteiger partial charge on any atom is 0.412 e. The number of benzene rings is 2. The zero-order valence-electron chi connectivity index (χ0n) is 19.1. The maximum absolute atomic E-state index is 13.3. The summed E-state index contributed by atoms with van der Waals surface area (Å²) in [4.78, 5) is 29.8. The van der Waals surface area contributed by atoms with Crippen LogP contribution in [0.15, 0.2) is 71.9 Å². The average molecular weight is 452 g/mol. The summed E-state index contributed by atoms with van der Waals surface area (Å²) in [6.45, 7) is 6.32. The quantitative estimate of drug-likeness (QED) is 0.464. The number of hydrogen-bond acceptors (Lipinski definition) is 6. The van der Waals surface area contributed by atoms with E-state index < -0.39 is 17.6 Å². The molecule has 0 bridgehead atoms. The number of anilines is 1. The van der Waals surface area contributed by atoms with Crippen LogP contribution >= 0.6 is 0 Å². The molecule has 1 N–H and O–H groups in total. The van der Waals surface area contributed by atoms with E-state index in [9.17, 15) is 9.59 Å². The van der Waals surface area contributed by atoms with Gasteiger partial charge in [0.05, 0.1) is 6.20 Å². The second-order valence-electron chi connectivity index (χ2n) is 7.41. The van der Waals surface area contributed by atoms with E-state index in [0.29, 0.717) is 13.2 Å². The largest absolute Gasteiger partial charge is 0.444 e. The summed E-state index contributed by atoms with van der Waals surface area (Å²) in [6.07, 6.45) is 2.15. The van der Waals surface area contributed by atoms with Crippen molar-refractivity contribution in [3.05, 3.63) is 94.2 Å². The molecule has 1 amide bonds. The van der Waals surface area contributed by atoms with E-state index in [2.05, 4.69) is 10.3 Å². The van der Waals surface area contributed by atoms with Gasteiger partial charge in [-0.2, -0.15) is 0 Å². The second-order valence-corrected chi connectivity index (χ2v) is 7.41. The normalized spacial score (nSPS) is 11.2. The van der Waals surface area contributed by atoms with Gasteiger partial charge in [-0.25, -0.2) is 14.3 Å². The molecule has 0 aliphatic rings. The fourth-order valence-corrected chi connectivity index (χ4v) is 3.51. The first kappa shape index (κ1) is 24.2. The van der Waals surface area contributed by atoms with E-state index >= 15 is 0 Å². The van der Waals surface area contributed by atoms with Gasteiger partial charge in [-0.05, 0) is 31.9 Å². The summed E-state index contributed by atoms with van der Waals surface area (Å²) in [5, 5.41) is 2.48. The van der Waals surface area contributed by atoms with Crippen molar-refractivity contribution in [2.45, 2.75) is 39.7 Å². The molecular weight excluding hydrogens is 422 g/mol. The van der Waals surface area contributed by atoms with E-state index in [1.807, 2.05) is 75.4 Å². The van der Waals surface area contributed by atoms with E-state index in [1.165, 1.54) is 17.1 Å². The summed E-state index contributed by atoms with van der Waals surface area (Å²) < 4.78 is 18.5. The molecule has 0 radical (unpaired) electrons. The van der Waals surface area contributed by atoms with Crippen LogP contribution in [0.25, 0.3) is 0 Å². The van der Waals surface area contributed by atoms with Crippen LogP contribution in [-0.4, -0.2) is 28.9 Å². The summed E-state index contributed by atoms with van der Waals surface area (Å²) in [5.41, 5.74) is 2.29. The number of hydrogen-bond donors (Lipinski definition) is 1. The van der Waals surface area contributed by atoms with Crippen molar-refractivity contribution < 1.29 is 19.0 Å². The third-order valence-electron chi connectivity index (χ3n) is 4.90. The highest BCUT2D eigenvalue weighted by atomic mass is 16.7. The fourth-order valence-electron chi connectivity index (χ4n) is 3.51. The molecule has 8 nitrogen and oxygen atoms in total.